The molecule has 0 bridgehead atoms. The first kappa shape index (κ1) is 17.6. The van der Waals surface area contributed by atoms with E-state index in [1.54, 1.807) is 42.5 Å². The van der Waals surface area contributed by atoms with E-state index in [1.807, 2.05) is 6.07 Å². The van der Waals surface area contributed by atoms with Crippen molar-refractivity contribution in [2.75, 3.05) is 0 Å². The molecule has 2 aromatic heterocycles. The fourth-order valence-corrected chi connectivity index (χ4v) is 3.17. The lowest BCUT2D eigenvalue weighted by atomic mass is 9.84. The fraction of sp³-hybridized carbons (Fsp3) is 0.105. The molecule has 0 aliphatic carbocycles. The maximum atomic E-state index is 13.8. The summed E-state index contributed by atoms with van der Waals surface area (Å²) in [7, 11) is 0. The van der Waals surface area contributed by atoms with Gasteiger partial charge in [-0.15, -0.1) is 0 Å². The van der Waals surface area contributed by atoms with Crippen LogP contribution in [0.4, 0.5) is 13.2 Å². The molecule has 2 N–H and O–H groups in total. The number of pyridine rings is 1. The van der Waals surface area contributed by atoms with Crippen molar-refractivity contribution in [3.05, 3.63) is 83.1 Å². The number of benzene rings is 1. The quantitative estimate of drug-likeness (QED) is 0.732. The molecule has 0 spiro atoms. The molecule has 1 aliphatic rings. The third kappa shape index (κ3) is 2.75. The van der Waals surface area contributed by atoms with E-state index < -0.39 is 17.8 Å². The maximum absolute atomic E-state index is 13.8. The Kier molecular flexibility index (Phi) is 4.04. The monoisotopic (exact) mass is 383 g/mol. The highest BCUT2D eigenvalue weighted by atomic mass is 19.4. The van der Waals surface area contributed by atoms with Gasteiger partial charge in [0.1, 0.15) is 11.6 Å². The van der Waals surface area contributed by atoms with Gasteiger partial charge in [-0.25, -0.2) is 0 Å². The lowest BCUT2D eigenvalue weighted by Gasteiger charge is -2.25. The molecule has 28 heavy (non-hydrogen) atoms. The second kappa shape index (κ2) is 6.42. The molecule has 3 aromatic rings. The molecule has 140 valence electrons. The number of ether oxygens (including phenoxy) is 1. The number of halogens is 3. The Morgan fingerprint density at radius 3 is 2.50 bits per heavy atom. The maximum Gasteiger partial charge on any atom is 0.435 e. The predicted molar refractivity (Wildman–Crippen MR) is 92.1 cm³/mol. The van der Waals surface area contributed by atoms with E-state index >= 15 is 0 Å². The van der Waals surface area contributed by atoms with Gasteiger partial charge in [0, 0.05) is 12.4 Å². The minimum absolute atomic E-state index is 0.126. The molecular formula is C19H12F3N5O. The highest BCUT2D eigenvalue weighted by Crippen LogP contribution is 2.48. The van der Waals surface area contributed by atoms with Crippen molar-refractivity contribution in [3.63, 3.8) is 0 Å². The average Bonchev–Trinajstić information content (AvgIpc) is 3.07. The number of nitrogens with zero attached hydrogens (tertiary/aromatic N) is 4. The van der Waals surface area contributed by atoms with E-state index in [0.717, 1.165) is 4.68 Å². The summed E-state index contributed by atoms with van der Waals surface area (Å²) in [6.07, 6.45) is -1.88. The van der Waals surface area contributed by atoms with Crippen LogP contribution >= 0.6 is 0 Å². The third-order valence-electron chi connectivity index (χ3n) is 4.33. The van der Waals surface area contributed by atoms with E-state index in [-0.39, 0.29) is 22.9 Å². The number of nitriles is 1. The standard InChI is InChI=1S/C19H12F3N5O/c20-19(21,22)16-15-14(11-5-4-8-25-10-11)13(9-23)17(24)28-18(15)27(26-16)12-6-2-1-3-7-12/h1-8,10,14H,24H2/t14-/m0/s1. The van der Waals surface area contributed by atoms with E-state index in [9.17, 15) is 18.4 Å². The molecule has 1 aliphatic heterocycles. The summed E-state index contributed by atoms with van der Waals surface area (Å²) >= 11 is 0. The third-order valence-corrected chi connectivity index (χ3v) is 4.33. The Bertz CT molecular complexity index is 1100. The van der Waals surface area contributed by atoms with Crippen molar-refractivity contribution in [2.24, 2.45) is 5.73 Å². The van der Waals surface area contributed by atoms with E-state index in [4.69, 9.17) is 10.5 Å². The van der Waals surface area contributed by atoms with Crippen LogP contribution in [0.5, 0.6) is 5.88 Å². The van der Waals surface area contributed by atoms with Gasteiger partial charge in [0.2, 0.25) is 11.8 Å². The summed E-state index contributed by atoms with van der Waals surface area (Å²) in [6.45, 7) is 0. The molecule has 0 fully saturated rings. The molecule has 3 heterocycles. The molecule has 0 unspecified atom stereocenters. The first-order valence-corrected chi connectivity index (χ1v) is 8.15. The number of alkyl halides is 3. The lowest BCUT2D eigenvalue weighted by Crippen LogP contribution is -2.23. The van der Waals surface area contributed by atoms with Gasteiger partial charge in [0.25, 0.3) is 0 Å². The van der Waals surface area contributed by atoms with Gasteiger partial charge in [-0.05, 0) is 23.8 Å². The second-order valence-electron chi connectivity index (χ2n) is 6.02. The topological polar surface area (TPSA) is 89.8 Å². The normalized spacial score (nSPS) is 16.3. The molecule has 0 amide bonds. The van der Waals surface area contributed by atoms with Crippen LogP contribution in [0.1, 0.15) is 22.7 Å². The fourth-order valence-electron chi connectivity index (χ4n) is 3.17. The highest BCUT2D eigenvalue weighted by molar-refractivity contribution is 5.57. The summed E-state index contributed by atoms with van der Waals surface area (Å²) < 4.78 is 48.0. The van der Waals surface area contributed by atoms with Gasteiger partial charge >= 0.3 is 6.18 Å². The number of para-hydroxylation sites is 1. The Labute approximate surface area is 157 Å². The number of nitrogens with two attached hydrogens (primary N) is 1. The van der Waals surface area contributed by atoms with Gasteiger partial charge in [0.15, 0.2) is 5.69 Å². The Hall–Kier alpha value is -3.80. The van der Waals surface area contributed by atoms with Crippen LogP contribution in [0.3, 0.4) is 0 Å². The van der Waals surface area contributed by atoms with E-state index in [0.29, 0.717) is 11.3 Å². The van der Waals surface area contributed by atoms with Gasteiger partial charge in [-0.1, -0.05) is 24.3 Å². The van der Waals surface area contributed by atoms with Crippen molar-refractivity contribution in [1.82, 2.24) is 14.8 Å². The second-order valence-corrected chi connectivity index (χ2v) is 6.02. The summed E-state index contributed by atoms with van der Waals surface area (Å²) in [6, 6.07) is 13.3. The molecule has 1 atom stereocenters. The predicted octanol–water partition coefficient (Wildman–Crippen LogP) is 3.50. The zero-order chi connectivity index (χ0) is 19.9. The highest BCUT2D eigenvalue weighted by Gasteiger charge is 2.46. The zero-order valence-corrected chi connectivity index (χ0v) is 14.2. The van der Waals surface area contributed by atoms with Crippen LogP contribution in [0.2, 0.25) is 0 Å². The summed E-state index contributed by atoms with van der Waals surface area (Å²) in [5.41, 5.74) is 5.10. The minimum Gasteiger partial charge on any atom is -0.422 e. The Morgan fingerprint density at radius 2 is 1.89 bits per heavy atom. The van der Waals surface area contributed by atoms with Crippen molar-refractivity contribution in [1.29, 1.82) is 5.26 Å². The molecule has 0 saturated heterocycles. The number of rotatable bonds is 2. The number of hydrogen-bond acceptors (Lipinski definition) is 5. The molecule has 1 aromatic carbocycles. The average molecular weight is 383 g/mol. The van der Waals surface area contributed by atoms with Crippen molar-refractivity contribution >= 4 is 0 Å². The SMILES string of the molecule is N#CC1=C(N)Oc2c(c(C(F)(F)F)nn2-c2ccccc2)[C@H]1c1cccnc1. The van der Waals surface area contributed by atoms with Crippen LogP contribution < -0.4 is 10.5 Å². The molecule has 0 saturated carbocycles. The molecule has 6 nitrogen and oxygen atoms in total. The largest absolute Gasteiger partial charge is 0.435 e. The van der Waals surface area contributed by atoms with Crippen molar-refractivity contribution < 1.29 is 17.9 Å². The van der Waals surface area contributed by atoms with Crippen LogP contribution in [-0.2, 0) is 6.18 Å². The van der Waals surface area contributed by atoms with Crippen LogP contribution in [0.25, 0.3) is 5.69 Å². The number of hydrogen-bond donors (Lipinski definition) is 1. The molecule has 0 radical (unpaired) electrons. The van der Waals surface area contributed by atoms with Gasteiger partial charge < -0.3 is 10.5 Å². The van der Waals surface area contributed by atoms with Crippen molar-refractivity contribution in [3.8, 4) is 17.6 Å². The smallest absolute Gasteiger partial charge is 0.422 e. The van der Waals surface area contributed by atoms with Crippen LogP contribution in [0, 0.1) is 11.3 Å². The van der Waals surface area contributed by atoms with Gasteiger partial charge in [0.05, 0.1) is 17.2 Å². The first-order valence-electron chi connectivity index (χ1n) is 8.15. The molecule has 4 rings (SSSR count). The molecule has 9 heteroatoms. The summed E-state index contributed by atoms with van der Waals surface area (Å²) in [4.78, 5) is 3.96. The number of allylic oxidation sites excluding steroid dienone is 1. The lowest BCUT2D eigenvalue weighted by molar-refractivity contribution is -0.142. The van der Waals surface area contributed by atoms with Gasteiger partial charge in [-0.2, -0.15) is 28.2 Å². The van der Waals surface area contributed by atoms with E-state index in [2.05, 4.69) is 10.1 Å². The van der Waals surface area contributed by atoms with Crippen LogP contribution in [0.15, 0.2) is 66.3 Å². The summed E-state index contributed by atoms with van der Waals surface area (Å²) in [5.74, 6) is -1.55. The Balaban J connectivity index is 2.05. The zero-order valence-electron chi connectivity index (χ0n) is 14.2. The number of aromatic nitrogens is 3. The summed E-state index contributed by atoms with van der Waals surface area (Å²) in [5, 5.41) is 13.3. The Morgan fingerprint density at radius 1 is 1.14 bits per heavy atom. The number of fused-ring (bicyclic) bond motifs is 1. The van der Waals surface area contributed by atoms with Crippen LogP contribution in [-0.4, -0.2) is 14.8 Å². The van der Waals surface area contributed by atoms with E-state index in [1.165, 1.54) is 12.4 Å². The van der Waals surface area contributed by atoms with Gasteiger partial charge in [-0.3, -0.25) is 4.98 Å². The van der Waals surface area contributed by atoms with Crippen molar-refractivity contribution in [2.45, 2.75) is 12.1 Å². The minimum atomic E-state index is -4.76. The molecular weight excluding hydrogens is 371 g/mol. The first-order chi connectivity index (χ1) is 13.4.